The molecule has 0 amide bonds. The van der Waals surface area contributed by atoms with Crippen LogP contribution in [-0.4, -0.2) is 11.0 Å². The number of aromatic nitrogens is 1. The first-order valence-electron chi connectivity index (χ1n) is 6.68. The highest BCUT2D eigenvalue weighted by molar-refractivity contribution is 5.40. The fraction of sp³-hybridized carbons (Fsp3) is 0.312. The predicted molar refractivity (Wildman–Crippen MR) is 77.4 cm³/mol. The van der Waals surface area contributed by atoms with Gasteiger partial charge < -0.3 is 10.1 Å². The van der Waals surface area contributed by atoms with Crippen molar-refractivity contribution in [1.29, 1.82) is 0 Å². The second-order valence-electron chi connectivity index (χ2n) is 4.95. The van der Waals surface area contributed by atoms with Crippen LogP contribution < -0.4 is 10.1 Å². The van der Waals surface area contributed by atoms with Gasteiger partial charge in [0.05, 0.1) is 5.69 Å². The predicted octanol–water partition coefficient (Wildman–Crippen LogP) is 3.82. The van der Waals surface area contributed by atoms with E-state index in [-0.39, 0.29) is 11.6 Å². The SMILES string of the molecule is Cc1ncccc1Oc1c(F)cccc1CNC(C)C. The highest BCUT2D eigenvalue weighted by Crippen LogP contribution is 2.29. The van der Waals surface area contributed by atoms with Crippen LogP contribution in [0.4, 0.5) is 4.39 Å². The van der Waals surface area contributed by atoms with E-state index in [2.05, 4.69) is 10.3 Å². The second-order valence-corrected chi connectivity index (χ2v) is 4.95. The molecule has 1 aromatic carbocycles. The minimum atomic E-state index is -0.365. The van der Waals surface area contributed by atoms with E-state index in [0.717, 1.165) is 11.3 Å². The van der Waals surface area contributed by atoms with E-state index < -0.39 is 0 Å². The largest absolute Gasteiger partial charge is 0.452 e. The number of pyridine rings is 1. The fourth-order valence-electron chi connectivity index (χ4n) is 1.81. The van der Waals surface area contributed by atoms with E-state index in [1.165, 1.54) is 6.07 Å². The monoisotopic (exact) mass is 274 g/mol. The maximum absolute atomic E-state index is 14.0. The molecule has 0 radical (unpaired) electrons. The minimum absolute atomic E-state index is 0.261. The zero-order valence-corrected chi connectivity index (χ0v) is 12.0. The fourth-order valence-corrected chi connectivity index (χ4v) is 1.81. The average molecular weight is 274 g/mol. The van der Waals surface area contributed by atoms with Crippen molar-refractivity contribution in [2.24, 2.45) is 0 Å². The van der Waals surface area contributed by atoms with Gasteiger partial charge in [0.1, 0.15) is 5.75 Å². The molecule has 2 rings (SSSR count). The summed E-state index contributed by atoms with van der Waals surface area (Å²) in [4.78, 5) is 4.15. The first-order chi connectivity index (χ1) is 9.58. The highest BCUT2D eigenvalue weighted by Gasteiger charge is 2.12. The molecule has 0 spiro atoms. The molecule has 4 heteroatoms. The van der Waals surface area contributed by atoms with Crippen LogP contribution in [-0.2, 0) is 6.54 Å². The minimum Gasteiger partial charge on any atom is -0.452 e. The number of nitrogens with zero attached hydrogens (tertiary/aromatic N) is 1. The van der Waals surface area contributed by atoms with E-state index >= 15 is 0 Å². The van der Waals surface area contributed by atoms with Gasteiger partial charge in [0, 0.05) is 24.3 Å². The maximum atomic E-state index is 14.0. The van der Waals surface area contributed by atoms with Gasteiger partial charge in [0.15, 0.2) is 11.6 Å². The summed E-state index contributed by atoms with van der Waals surface area (Å²) in [5.74, 6) is 0.469. The molecule has 106 valence electrons. The van der Waals surface area contributed by atoms with Crippen molar-refractivity contribution < 1.29 is 9.13 Å². The summed E-state index contributed by atoms with van der Waals surface area (Å²) in [6.45, 7) is 6.49. The Balaban J connectivity index is 2.28. The zero-order valence-electron chi connectivity index (χ0n) is 12.0. The molecular formula is C16H19FN2O. The van der Waals surface area contributed by atoms with E-state index in [4.69, 9.17) is 4.74 Å². The Kier molecular flexibility index (Phi) is 4.69. The molecule has 3 nitrogen and oxygen atoms in total. The number of para-hydroxylation sites is 1. The lowest BCUT2D eigenvalue weighted by molar-refractivity contribution is 0.427. The van der Waals surface area contributed by atoms with Crippen LogP contribution in [0.5, 0.6) is 11.5 Å². The summed E-state index contributed by atoms with van der Waals surface area (Å²) in [5, 5.41) is 3.27. The summed E-state index contributed by atoms with van der Waals surface area (Å²) in [6, 6.07) is 8.84. The van der Waals surface area contributed by atoms with Crippen LogP contribution in [0.1, 0.15) is 25.1 Å². The van der Waals surface area contributed by atoms with Gasteiger partial charge in [-0.15, -0.1) is 0 Å². The highest BCUT2D eigenvalue weighted by atomic mass is 19.1. The van der Waals surface area contributed by atoms with Gasteiger partial charge in [-0.2, -0.15) is 0 Å². The summed E-state index contributed by atoms with van der Waals surface area (Å²) in [6.07, 6.45) is 1.69. The molecule has 0 aliphatic rings. The van der Waals surface area contributed by atoms with Gasteiger partial charge in [-0.25, -0.2) is 4.39 Å². The smallest absolute Gasteiger partial charge is 0.167 e. The Morgan fingerprint density at radius 3 is 2.75 bits per heavy atom. The molecule has 1 heterocycles. The van der Waals surface area contributed by atoms with Gasteiger partial charge >= 0.3 is 0 Å². The number of aryl methyl sites for hydroxylation is 1. The topological polar surface area (TPSA) is 34.1 Å². The molecular weight excluding hydrogens is 255 g/mol. The molecule has 2 aromatic rings. The molecule has 0 unspecified atom stereocenters. The number of ether oxygens (including phenoxy) is 1. The van der Waals surface area contributed by atoms with Crippen LogP contribution in [0, 0.1) is 12.7 Å². The van der Waals surface area contributed by atoms with Crippen LogP contribution in [0.3, 0.4) is 0 Å². The summed E-state index contributed by atoms with van der Waals surface area (Å²) in [7, 11) is 0. The van der Waals surface area contributed by atoms with Crippen molar-refractivity contribution in [3.8, 4) is 11.5 Å². The maximum Gasteiger partial charge on any atom is 0.167 e. The van der Waals surface area contributed by atoms with E-state index in [1.807, 2.05) is 26.8 Å². The second kappa shape index (κ2) is 6.48. The van der Waals surface area contributed by atoms with Crippen molar-refractivity contribution >= 4 is 0 Å². The molecule has 0 aliphatic carbocycles. The molecule has 0 saturated heterocycles. The standard InChI is InChI=1S/C16H19FN2O/c1-11(2)19-10-13-6-4-7-14(17)16(13)20-15-8-5-9-18-12(15)3/h4-9,11,19H,10H2,1-3H3. The van der Waals surface area contributed by atoms with Gasteiger partial charge in [0.2, 0.25) is 0 Å². The number of benzene rings is 1. The van der Waals surface area contributed by atoms with Crippen molar-refractivity contribution in [2.45, 2.75) is 33.4 Å². The van der Waals surface area contributed by atoms with Crippen molar-refractivity contribution in [1.82, 2.24) is 10.3 Å². The van der Waals surface area contributed by atoms with Gasteiger partial charge in [-0.05, 0) is 25.1 Å². The number of rotatable bonds is 5. The lowest BCUT2D eigenvalue weighted by Gasteiger charge is -2.15. The molecule has 1 N–H and O–H groups in total. The molecule has 0 saturated carbocycles. The van der Waals surface area contributed by atoms with Crippen LogP contribution in [0.2, 0.25) is 0 Å². The Labute approximate surface area is 118 Å². The van der Waals surface area contributed by atoms with E-state index in [0.29, 0.717) is 18.3 Å². The van der Waals surface area contributed by atoms with Crippen LogP contribution in [0.25, 0.3) is 0 Å². The summed E-state index contributed by atoms with van der Waals surface area (Å²) >= 11 is 0. The summed E-state index contributed by atoms with van der Waals surface area (Å²) in [5.41, 5.74) is 1.53. The number of hydrogen-bond acceptors (Lipinski definition) is 3. The van der Waals surface area contributed by atoms with Crippen molar-refractivity contribution in [3.05, 3.63) is 53.6 Å². The summed E-state index contributed by atoms with van der Waals surface area (Å²) < 4.78 is 19.7. The Morgan fingerprint density at radius 1 is 1.25 bits per heavy atom. The molecule has 0 atom stereocenters. The average Bonchev–Trinajstić information content (AvgIpc) is 2.41. The lowest BCUT2D eigenvalue weighted by Crippen LogP contribution is -2.22. The van der Waals surface area contributed by atoms with E-state index in [1.54, 1.807) is 24.4 Å². The Bertz CT molecular complexity index is 584. The Morgan fingerprint density at radius 2 is 2.05 bits per heavy atom. The third-order valence-electron chi connectivity index (χ3n) is 2.92. The van der Waals surface area contributed by atoms with Gasteiger partial charge in [-0.3, -0.25) is 4.98 Å². The first kappa shape index (κ1) is 14.5. The molecule has 0 aliphatic heterocycles. The number of nitrogens with one attached hydrogen (secondary N) is 1. The number of hydrogen-bond donors (Lipinski definition) is 1. The molecule has 0 fully saturated rings. The first-order valence-corrected chi connectivity index (χ1v) is 6.68. The Hall–Kier alpha value is -1.94. The van der Waals surface area contributed by atoms with Crippen molar-refractivity contribution in [2.75, 3.05) is 0 Å². The molecule has 20 heavy (non-hydrogen) atoms. The molecule has 1 aromatic heterocycles. The zero-order chi connectivity index (χ0) is 14.5. The third-order valence-corrected chi connectivity index (χ3v) is 2.92. The van der Waals surface area contributed by atoms with Crippen molar-refractivity contribution in [3.63, 3.8) is 0 Å². The molecule has 0 bridgehead atoms. The lowest BCUT2D eigenvalue weighted by atomic mass is 10.2. The van der Waals surface area contributed by atoms with Gasteiger partial charge in [0.25, 0.3) is 0 Å². The normalized spacial score (nSPS) is 10.8. The quantitative estimate of drug-likeness (QED) is 0.900. The van der Waals surface area contributed by atoms with Crippen LogP contribution >= 0.6 is 0 Å². The van der Waals surface area contributed by atoms with Gasteiger partial charge in [-0.1, -0.05) is 26.0 Å². The third kappa shape index (κ3) is 3.54. The van der Waals surface area contributed by atoms with E-state index in [9.17, 15) is 4.39 Å². The number of halogens is 1. The van der Waals surface area contributed by atoms with Crippen LogP contribution in [0.15, 0.2) is 36.5 Å².